The maximum Gasteiger partial charge on any atom is 0.356 e. The fourth-order valence-electron chi connectivity index (χ4n) is 6.90. The van der Waals surface area contributed by atoms with E-state index in [1.165, 1.54) is 33.9 Å². The van der Waals surface area contributed by atoms with Crippen LogP contribution in [0.3, 0.4) is 0 Å². The van der Waals surface area contributed by atoms with E-state index < -0.39 is 41.0 Å². The van der Waals surface area contributed by atoms with Gasteiger partial charge in [-0.2, -0.15) is 0 Å². The molecule has 14 heteroatoms. The number of ether oxygens (including phenoxy) is 4. The van der Waals surface area contributed by atoms with E-state index in [2.05, 4.69) is 20.9 Å². The summed E-state index contributed by atoms with van der Waals surface area (Å²) in [6, 6.07) is 4.93. The van der Waals surface area contributed by atoms with Gasteiger partial charge in [0, 0.05) is 29.6 Å². The van der Waals surface area contributed by atoms with Gasteiger partial charge in [0.1, 0.15) is 33.0 Å². The molecule has 0 fully saturated rings. The molecular weight excluding hydrogens is 802 g/mol. The molecule has 0 bridgehead atoms. The van der Waals surface area contributed by atoms with Crippen molar-refractivity contribution in [1.82, 2.24) is 4.98 Å². The van der Waals surface area contributed by atoms with E-state index in [1.54, 1.807) is 66.1 Å². The highest BCUT2D eigenvalue weighted by atomic mass is 79.9. The van der Waals surface area contributed by atoms with Crippen molar-refractivity contribution in [3.8, 4) is 34.1 Å². The first-order chi connectivity index (χ1) is 26.7. The molecule has 0 saturated carbocycles. The van der Waals surface area contributed by atoms with Gasteiger partial charge in [-0.05, 0) is 147 Å². The zero-order valence-corrected chi connectivity index (χ0v) is 34.5. The van der Waals surface area contributed by atoms with Crippen molar-refractivity contribution in [2.75, 3.05) is 7.11 Å². The molecule has 13 nitrogen and oxygen atoms in total. The number of aromatic nitrogens is 1. The largest absolute Gasteiger partial charge is 0.506 e. The molecule has 1 atom stereocenters. The monoisotopic (exact) mass is 841 g/mol. The number of aliphatic hydroxyl groups is 1. The van der Waals surface area contributed by atoms with Gasteiger partial charge in [0.05, 0.1) is 18.2 Å². The molecule has 1 aliphatic rings. The number of halogens is 1. The summed E-state index contributed by atoms with van der Waals surface area (Å²) < 4.78 is 22.4. The number of rotatable bonds is 9. The van der Waals surface area contributed by atoms with Crippen LogP contribution in [0.15, 0.2) is 58.5 Å². The molecule has 3 aromatic carbocycles. The number of phenolic OH excluding ortho intramolecular Hbond substituents is 1. The molecule has 0 unspecified atom stereocenters. The Morgan fingerprint density at radius 1 is 0.754 bits per heavy atom. The van der Waals surface area contributed by atoms with Gasteiger partial charge in [0.2, 0.25) is 5.60 Å². The number of carbonyl (C=O) groups is 5. The Morgan fingerprint density at radius 3 is 1.95 bits per heavy atom. The van der Waals surface area contributed by atoms with Gasteiger partial charge in [0.25, 0.3) is 0 Å². The van der Waals surface area contributed by atoms with Crippen LogP contribution < -0.4 is 14.2 Å². The van der Waals surface area contributed by atoms with E-state index in [0.29, 0.717) is 44.5 Å². The Labute approximate surface area is 336 Å². The summed E-state index contributed by atoms with van der Waals surface area (Å²) in [4.78, 5) is 69.7. The third-order valence-corrected chi connectivity index (χ3v) is 11.2. The van der Waals surface area contributed by atoms with Gasteiger partial charge in [-0.3, -0.25) is 9.78 Å². The standard InChI is InChI=1S/C43H40BrNO12/c1-18-14-29(20(3)21(4)31(18)40(50)56-37-24(7)22(5)32(39(48)49)26(9)33(37)27-12-11-13-45-17-27)55-41(51)34-23(6)25(8)38(35(44)36(34)47)57-42(52)43(53)19(2)15-28(46)16-30(43)54-10/h11-17,47,53H,1-10H3,(H,48,49)/t43-/m1/s1. The summed E-state index contributed by atoms with van der Waals surface area (Å²) in [5, 5.41) is 32.6. The molecule has 5 rings (SSSR count). The smallest absolute Gasteiger partial charge is 0.356 e. The van der Waals surface area contributed by atoms with E-state index in [9.17, 15) is 39.3 Å². The minimum absolute atomic E-state index is 0.0452. The van der Waals surface area contributed by atoms with Crippen molar-refractivity contribution < 1.29 is 58.2 Å². The Morgan fingerprint density at radius 2 is 1.35 bits per heavy atom. The Balaban J connectivity index is 1.48. The van der Waals surface area contributed by atoms with Crippen LogP contribution in [0.2, 0.25) is 0 Å². The van der Waals surface area contributed by atoms with Crippen LogP contribution in [0.5, 0.6) is 23.0 Å². The average Bonchev–Trinajstić information content (AvgIpc) is 3.15. The summed E-state index contributed by atoms with van der Waals surface area (Å²) in [6.07, 6.45) is 5.16. The van der Waals surface area contributed by atoms with Crippen LogP contribution in [-0.4, -0.2) is 62.7 Å². The van der Waals surface area contributed by atoms with Crippen LogP contribution in [0.1, 0.15) is 82.5 Å². The molecule has 0 spiro atoms. The topological polar surface area (TPSA) is 196 Å². The number of phenols is 1. The third kappa shape index (κ3) is 7.22. The summed E-state index contributed by atoms with van der Waals surface area (Å²) in [5.74, 6) is -5.40. The maximum absolute atomic E-state index is 14.0. The molecule has 1 heterocycles. The number of pyridine rings is 1. The molecule has 3 N–H and O–H groups in total. The quantitative estimate of drug-likeness (QED) is 0.111. The molecule has 0 aliphatic heterocycles. The molecule has 0 saturated heterocycles. The summed E-state index contributed by atoms with van der Waals surface area (Å²) >= 11 is 3.22. The number of methoxy groups -OCH3 is 1. The second-order valence-corrected chi connectivity index (χ2v) is 14.5. The van der Waals surface area contributed by atoms with E-state index >= 15 is 0 Å². The number of hydrogen-bond acceptors (Lipinski definition) is 12. The van der Waals surface area contributed by atoms with E-state index in [4.69, 9.17) is 18.9 Å². The lowest BCUT2D eigenvalue weighted by Crippen LogP contribution is -2.47. The Kier molecular flexibility index (Phi) is 11.6. The first-order valence-corrected chi connectivity index (χ1v) is 18.3. The molecule has 0 radical (unpaired) electrons. The van der Waals surface area contributed by atoms with Crippen molar-refractivity contribution in [3.05, 3.63) is 120 Å². The number of hydrogen-bond donors (Lipinski definition) is 3. The van der Waals surface area contributed by atoms with Gasteiger partial charge in [0.15, 0.2) is 11.5 Å². The van der Waals surface area contributed by atoms with Crippen molar-refractivity contribution in [2.45, 2.75) is 67.9 Å². The number of carboxylic acids is 1. The summed E-state index contributed by atoms with van der Waals surface area (Å²) in [5.41, 5.74) is 1.54. The highest BCUT2D eigenvalue weighted by Gasteiger charge is 2.48. The lowest BCUT2D eigenvalue weighted by molar-refractivity contribution is -0.151. The first kappa shape index (κ1) is 42.0. The molecule has 296 valence electrons. The van der Waals surface area contributed by atoms with E-state index in [0.717, 1.165) is 12.2 Å². The molecule has 57 heavy (non-hydrogen) atoms. The number of aromatic hydroxyl groups is 1. The number of nitrogens with zero attached hydrogens (tertiary/aromatic N) is 1. The number of allylic oxidation sites excluding steroid dienone is 2. The number of esters is 3. The van der Waals surface area contributed by atoms with Crippen molar-refractivity contribution in [3.63, 3.8) is 0 Å². The minimum atomic E-state index is -2.44. The van der Waals surface area contributed by atoms with Crippen LogP contribution in [0.25, 0.3) is 11.1 Å². The number of carboxylic acid groups (broad SMARTS) is 1. The molecule has 4 aromatic rings. The van der Waals surface area contributed by atoms with Crippen LogP contribution in [0.4, 0.5) is 0 Å². The Hall–Kier alpha value is -6.12. The minimum Gasteiger partial charge on any atom is -0.506 e. The normalized spacial score (nSPS) is 15.1. The van der Waals surface area contributed by atoms with Gasteiger partial charge < -0.3 is 34.3 Å². The van der Waals surface area contributed by atoms with Gasteiger partial charge in [-0.1, -0.05) is 6.07 Å². The number of carbonyl (C=O) groups excluding carboxylic acids is 4. The van der Waals surface area contributed by atoms with E-state index in [1.807, 2.05) is 0 Å². The highest BCUT2D eigenvalue weighted by Crippen LogP contribution is 2.45. The Bertz CT molecular complexity index is 2470. The average molecular weight is 843 g/mol. The molecule has 1 aliphatic carbocycles. The second kappa shape index (κ2) is 15.8. The second-order valence-electron chi connectivity index (χ2n) is 13.8. The highest BCUT2D eigenvalue weighted by molar-refractivity contribution is 9.10. The molecule has 1 aromatic heterocycles. The maximum atomic E-state index is 14.0. The summed E-state index contributed by atoms with van der Waals surface area (Å²) in [7, 11) is 1.18. The van der Waals surface area contributed by atoms with E-state index in [-0.39, 0.29) is 60.9 Å². The van der Waals surface area contributed by atoms with Crippen LogP contribution in [0, 0.1) is 55.4 Å². The van der Waals surface area contributed by atoms with Crippen molar-refractivity contribution in [2.24, 2.45) is 0 Å². The fourth-order valence-corrected chi connectivity index (χ4v) is 7.48. The fraction of sp³-hybridized carbons (Fsp3) is 0.256. The zero-order valence-electron chi connectivity index (χ0n) is 32.9. The lowest BCUT2D eigenvalue weighted by Gasteiger charge is -2.30. The zero-order chi connectivity index (χ0) is 42.4. The first-order valence-electron chi connectivity index (χ1n) is 17.5. The third-order valence-electron chi connectivity index (χ3n) is 10.5. The summed E-state index contributed by atoms with van der Waals surface area (Å²) in [6.45, 7) is 14.3. The molecule has 0 amide bonds. The SMILES string of the molecule is COC1=CC(=O)C=C(C)[C@]1(O)C(=O)Oc1c(C)c(C)c(C(=O)Oc2cc(C)c(C(=O)Oc3c(C)c(C)c(C(=O)O)c(C)c3-c3cccnc3)c(C)c2C)c(O)c1Br. The van der Waals surface area contributed by atoms with Crippen molar-refractivity contribution in [1.29, 1.82) is 0 Å². The van der Waals surface area contributed by atoms with Gasteiger partial charge >= 0.3 is 23.9 Å². The number of benzene rings is 3. The van der Waals surface area contributed by atoms with Crippen LogP contribution >= 0.6 is 15.9 Å². The predicted molar refractivity (Wildman–Crippen MR) is 211 cm³/mol. The lowest BCUT2D eigenvalue weighted by atomic mass is 9.87. The van der Waals surface area contributed by atoms with Gasteiger partial charge in [-0.15, -0.1) is 0 Å². The predicted octanol–water partition coefficient (Wildman–Crippen LogP) is 7.52. The van der Waals surface area contributed by atoms with Crippen molar-refractivity contribution >= 4 is 45.6 Å². The van der Waals surface area contributed by atoms with Crippen LogP contribution in [-0.2, 0) is 14.3 Å². The molecular formula is C43H40BrNO12. The van der Waals surface area contributed by atoms with Gasteiger partial charge in [-0.25, -0.2) is 19.2 Å². The number of ketones is 1. The number of aryl methyl sites for hydroxylation is 1. The number of aromatic carboxylic acids is 1.